The maximum Gasteiger partial charge on any atom is 0.248 e. The number of hydrogen-bond acceptors (Lipinski definition) is 2. The molecule has 1 amide bonds. The van der Waals surface area contributed by atoms with Gasteiger partial charge in [0.05, 0.1) is 5.69 Å². The second kappa shape index (κ2) is 5.56. The lowest BCUT2D eigenvalue weighted by Crippen LogP contribution is -2.12. The van der Waals surface area contributed by atoms with Crippen molar-refractivity contribution in [3.63, 3.8) is 0 Å². The zero-order valence-electron chi connectivity index (χ0n) is 10.7. The van der Waals surface area contributed by atoms with E-state index in [0.717, 1.165) is 12.1 Å². The number of nitrogens with one attached hydrogen (secondary N) is 1. The molecule has 2 aromatic rings. The predicted molar refractivity (Wildman–Crippen MR) is 72.4 cm³/mol. The molecule has 1 aromatic carbocycles. The Kier molecular flexibility index (Phi) is 3.85. The lowest BCUT2D eigenvalue weighted by molar-refractivity contribution is 0.100. The fourth-order valence-corrected chi connectivity index (χ4v) is 1.80. The third kappa shape index (κ3) is 3.13. The number of benzene rings is 1. The number of carbonyl (C=O) groups is 1. The molecular formula is C14H16FN3O. The van der Waals surface area contributed by atoms with Gasteiger partial charge in [0.2, 0.25) is 5.91 Å². The first-order valence-corrected chi connectivity index (χ1v) is 6.08. The van der Waals surface area contributed by atoms with E-state index < -0.39 is 11.7 Å². The maximum atomic E-state index is 13.6. The van der Waals surface area contributed by atoms with Gasteiger partial charge in [0.1, 0.15) is 5.82 Å². The van der Waals surface area contributed by atoms with Crippen molar-refractivity contribution in [1.29, 1.82) is 0 Å². The summed E-state index contributed by atoms with van der Waals surface area (Å²) in [6.07, 6.45) is 3.95. The highest BCUT2D eigenvalue weighted by Crippen LogP contribution is 2.17. The van der Waals surface area contributed by atoms with Gasteiger partial charge in [-0.25, -0.2) is 4.39 Å². The Labute approximate surface area is 111 Å². The lowest BCUT2D eigenvalue weighted by Gasteiger charge is -2.07. The Morgan fingerprint density at radius 1 is 1.42 bits per heavy atom. The number of hydrogen-bond donors (Lipinski definition) is 2. The summed E-state index contributed by atoms with van der Waals surface area (Å²) in [7, 11) is 0. The molecule has 0 fully saturated rings. The molecule has 0 saturated heterocycles. The van der Waals surface area contributed by atoms with E-state index in [1.165, 1.54) is 18.2 Å². The quantitative estimate of drug-likeness (QED) is 0.868. The van der Waals surface area contributed by atoms with Crippen LogP contribution >= 0.6 is 0 Å². The molecule has 0 aliphatic rings. The van der Waals surface area contributed by atoms with Crippen LogP contribution in [0.2, 0.25) is 0 Å². The van der Waals surface area contributed by atoms with Gasteiger partial charge in [0.15, 0.2) is 0 Å². The third-order valence-electron chi connectivity index (χ3n) is 2.91. The van der Waals surface area contributed by atoms with Gasteiger partial charge >= 0.3 is 0 Å². The van der Waals surface area contributed by atoms with Crippen LogP contribution in [-0.4, -0.2) is 10.5 Å². The van der Waals surface area contributed by atoms with Crippen molar-refractivity contribution in [2.45, 2.75) is 20.0 Å². The van der Waals surface area contributed by atoms with Crippen molar-refractivity contribution in [1.82, 2.24) is 4.57 Å². The first-order chi connectivity index (χ1) is 9.10. The van der Waals surface area contributed by atoms with Crippen molar-refractivity contribution < 1.29 is 9.18 Å². The fourth-order valence-electron chi connectivity index (χ4n) is 1.80. The Hall–Kier alpha value is -2.30. The van der Waals surface area contributed by atoms with E-state index in [0.29, 0.717) is 6.54 Å². The smallest absolute Gasteiger partial charge is 0.248 e. The second-order valence-electron chi connectivity index (χ2n) is 4.26. The van der Waals surface area contributed by atoms with Crippen LogP contribution in [0.3, 0.4) is 0 Å². The molecule has 1 heterocycles. The Balaban J connectivity index is 2.10. The zero-order chi connectivity index (χ0) is 13.8. The zero-order valence-corrected chi connectivity index (χ0v) is 10.7. The minimum atomic E-state index is -0.569. The summed E-state index contributed by atoms with van der Waals surface area (Å²) < 4.78 is 15.6. The molecule has 0 unspecified atom stereocenters. The standard InChI is InChI=1S/C14H16FN3O/c1-2-18-6-5-10(9-18)8-17-13-7-11(14(16)19)3-4-12(13)15/h3-7,9,17H,2,8H2,1H3,(H2,16,19). The molecule has 0 radical (unpaired) electrons. The number of anilines is 1. The van der Waals surface area contributed by atoms with E-state index in [1.54, 1.807) is 0 Å². The Bertz CT molecular complexity index is 592. The summed E-state index contributed by atoms with van der Waals surface area (Å²) in [5.41, 5.74) is 6.78. The van der Waals surface area contributed by atoms with Crippen LogP contribution in [0.15, 0.2) is 36.7 Å². The van der Waals surface area contributed by atoms with E-state index >= 15 is 0 Å². The SMILES string of the molecule is CCn1ccc(CNc2cc(C(N)=O)ccc2F)c1. The van der Waals surface area contributed by atoms with Crippen LogP contribution in [0.1, 0.15) is 22.8 Å². The molecule has 0 atom stereocenters. The summed E-state index contributed by atoms with van der Waals surface area (Å²) in [6, 6.07) is 6.00. The van der Waals surface area contributed by atoms with E-state index in [2.05, 4.69) is 5.32 Å². The number of aromatic nitrogens is 1. The highest BCUT2D eigenvalue weighted by Gasteiger charge is 2.07. The molecular weight excluding hydrogens is 245 g/mol. The fraction of sp³-hybridized carbons (Fsp3) is 0.214. The van der Waals surface area contributed by atoms with Gasteiger partial charge < -0.3 is 15.6 Å². The van der Waals surface area contributed by atoms with Gasteiger partial charge in [-0.3, -0.25) is 4.79 Å². The predicted octanol–water partition coefficient (Wildman–Crippen LogP) is 2.36. The first kappa shape index (κ1) is 13.1. The molecule has 0 spiro atoms. The molecule has 0 aliphatic carbocycles. The van der Waals surface area contributed by atoms with Gasteiger partial charge in [0.25, 0.3) is 0 Å². The normalized spacial score (nSPS) is 10.4. The van der Waals surface area contributed by atoms with Crippen LogP contribution in [0.4, 0.5) is 10.1 Å². The monoisotopic (exact) mass is 261 g/mol. The van der Waals surface area contributed by atoms with Crippen molar-refractivity contribution >= 4 is 11.6 Å². The molecule has 0 bridgehead atoms. The highest BCUT2D eigenvalue weighted by molar-refractivity contribution is 5.93. The number of rotatable bonds is 5. The number of nitrogens with zero attached hydrogens (tertiary/aromatic N) is 1. The third-order valence-corrected chi connectivity index (χ3v) is 2.91. The van der Waals surface area contributed by atoms with E-state index in [1.807, 2.05) is 30.0 Å². The van der Waals surface area contributed by atoms with Gasteiger partial charge in [-0.05, 0) is 36.8 Å². The van der Waals surface area contributed by atoms with E-state index in [4.69, 9.17) is 5.73 Å². The average Bonchev–Trinajstić information content (AvgIpc) is 2.85. The van der Waals surface area contributed by atoms with Crippen molar-refractivity contribution in [3.8, 4) is 0 Å². The van der Waals surface area contributed by atoms with Gasteiger partial charge in [-0.15, -0.1) is 0 Å². The second-order valence-corrected chi connectivity index (χ2v) is 4.26. The molecule has 0 saturated carbocycles. The van der Waals surface area contributed by atoms with Crippen molar-refractivity contribution in [3.05, 3.63) is 53.6 Å². The summed E-state index contributed by atoms with van der Waals surface area (Å²) >= 11 is 0. The van der Waals surface area contributed by atoms with Gasteiger partial charge in [0, 0.05) is 31.0 Å². The molecule has 5 heteroatoms. The van der Waals surface area contributed by atoms with Crippen molar-refractivity contribution in [2.75, 3.05) is 5.32 Å². The first-order valence-electron chi connectivity index (χ1n) is 6.08. The minimum absolute atomic E-state index is 0.278. The topological polar surface area (TPSA) is 60.1 Å². The summed E-state index contributed by atoms with van der Waals surface area (Å²) in [4.78, 5) is 11.0. The maximum absolute atomic E-state index is 13.6. The highest BCUT2D eigenvalue weighted by atomic mass is 19.1. The van der Waals surface area contributed by atoms with Gasteiger partial charge in [-0.1, -0.05) is 0 Å². The van der Waals surface area contributed by atoms with Crippen LogP contribution in [0.25, 0.3) is 0 Å². The number of amides is 1. The Morgan fingerprint density at radius 3 is 2.84 bits per heavy atom. The lowest BCUT2D eigenvalue weighted by atomic mass is 10.2. The molecule has 3 N–H and O–H groups in total. The van der Waals surface area contributed by atoms with Crippen LogP contribution in [-0.2, 0) is 13.1 Å². The number of nitrogens with two attached hydrogens (primary N) is 1. The number of aryl methyl sites for hydroxylation is 1. The molecule has 0 aliphatic heterocycles. The molecule has 19 heavy (non-hydrogen) atoms. The molecule has 4 nitrogen and oxygen atoms in total. The number of halogens is 1. The number of carbonyl (C=O) groups excluding carboxylic acids is 1. The Morgan fingerprint density at radius 2 is 2.21 bits per heavy atom. The minimum Gasteiger partial charge on any atom is -0.379 e. The van der Waals surface area contributed by atoms with E-state index in [-0.39, 0.29) is 11.3 Å². The molecule has 1 aromatic heterocycles. The molecule has 2 rings (SSSR count). The van der Waals surface area contributed by atoms with E-state index in [9.17, 15) is 9.18 Å². The van der Waals surface area contributed by atoms with Crippen molar-refractivity contribution in [2.24, 2.45) is 5.73 Å². The summed E-state index contributed by atoms with van der Waals surface area (Å²) in [6.45, 7) is 3.44. The van der Waals surface area contributed by atoms with Gasteiger partial charge in [-0.2, -0.15) is 0 Å². The summed E-state index contributed by atoms with van der Waals surface area (Å²) in [5.74, 6) is -0.972. The number of primary amides is 1. The molecule has 100 valence electrons. The average molecular weight is 261 g/mol. The van der Waals surface area contributed by atoms with Crippen LogP contribution < -0.4 is 11.1 Å². The van der Waals surface area contributed by atoms with Crippen LogP contribution in [0, 0.1) is 5.82 Å². The summed E-state index contributed by atoms with van der Waals surface area (Å²) in [5, 5.41) is 2.97. The largest absolute Gasteiger partial charge is 0.379 e. The van der Waals surface area contributed by atoms with Crippen LogP contribution in [0.5, 0.6) is 0 Å².